The van der Waals surface area contributed by atoms with Crippen LogP contribution in [0.1, 0.15) is 13.3 Å². The molecule has 0 radical (unpaired) electrons. The van der Waals surface area contributed by atoms with E-state index in [1.165, 1.54) is 39.1 Å². The first-order valence-corrected chi connectivity index (χ1v) is 5.30. The van der Waals surface area contributed by atoms with Crippen molar-refractivity contribution in [3.63, 3.8) is 0 Å². The number of hydrogen-bond donors (Lipinski definition) is 1. The van der Waals surface area contributed by atoms with Crippen LogP contribution >= 0.6 is 0 Å². The second-order valence-electron chi connectivity index (χ2n) is 4.12. The minimum atomic E-state index is 0.652. The summed E-state index contributed by atoms with van der Waals surface area (Å²) in [6.07, 6.45) is 1.26. The summed E-state index contributed by atoms with van der Waals surface area (Å²) in [6, 6.07) is 0.652. The maximum atomic E-state index is 3.28. The summed E-state index contributed by atoms with van der Waals surface area (Å²) in [6.45, 7) is 8.44. The molecule has 0 spiro atoms. The predicted molar refractivity (Wildman–Crippen MR) is 57.1 cm³/mol. The van der Waals surface area contributed by atoms with Gasteiger partial charge in [-0.1, -0.05) is 0 Å². The van der Waals surface area contributed by atoms with Gasteiger partial charge in [-0.3, -0.25) is 0 Å². The van der Waals surface area contributed by atoms with Gasteiger partial charge in [0.1, 0.15) is 0 Å². The Balaban J connectivity index is 2.08. The van der Waals surface area contributed by atoms with Crippen molar-refractivity contribution in [2.75, 3.05) is 46.8 Å². The molecular weight excluding hydrogens is 162 g/mol. The van der Waals surface area contributed by atoms with E-state index in [0.717, 1.165) is 0 Å². The zero-order valence-electron chi connectivity index (χ0n) is 9.21. The van der Waals surface area contributed by atoms with Gasteiger partial charge in [-0.25, -0.2) is 0 Å². The lowest BCUT2D eigenvalue weighted by Gasteiger charge is -2.32. The summed E-state index contributed by atoms with van der Waals surface area (Å²) in [5.41, 5.74) is 0. The first-order valence-electron chi connectivity index (χ1n) is 5.30. The molecule has 13 heavy (non-hydrogen) atoms. The van der Waals surface area contributed by atoms with Gasteiger partial charge >= 0.3 is 0 Å². The molecule has 1 rings (SSSR count). The van der Waals surface area contributed by atoms with Crippen molar-refractivity contribution >= 4 is 0 Å². The Hall–Kier alpha value is -0.120. The summed E-state index contributed by atoms with van der Waals surface area (Å²) in [4.78, 5) is 4.96. The van der Waals surface area contributed by atoms with E-state index in [-0.39, 0.29) is 0 Å². The maximum absolute atomic E-state index is 3.28. The molecule has 1 aliphatic rings. The average Bonchev–Trinajstić information content (AvgIpc) is 2.16. The third-order valence-electron chi connectivity index (χ3n) is 2.97. The highest BCUT2D eigenvalue weighted by Crippen LogP contribution is 2.01. The maximum Gasteiger partial charge on any atom is 0.0110 e. The van der Waals surface area contributed by atoms with Crippen LogP contribution in [0.15, 0.2) is 0 Å². The molecular formula is C10H23N3. The van der Waals surface area contributed by atoms with Crippen molar-refractivity contribution in [1.82, 2.24) is 15.1 Å². The van der Waals surface area contributed by atoms with Crippen molar-refractivity contribution in [3.05, 3.63) is 0 Å². The van der Waals surface area contributed by atoms with Gasteiger partial charge in [0.05, 0.1) is 0 Å². The monoisotopic (exact) mass is 185 g/mol. The van der Waals surface area contributed by atoms with E-state index in [0.29, 0.717) is 6.04 Å². The van der Waals surface area contributed by atoms with Gasteiger partial charge in [-0.2, -0.15) is 0 Å². The second kappa shape index (κ2) is 5.58. The topological polar surface area (TPSA) is 18.5 Å². The van der Waals surface area contributed by atoms with Crippen molar-refractivity contribution in [3.8, 4) is 0 Å². The van der Waals surface area contributed by atoms with Crippen LogP contribution in [0.25, 0.3) is 0 Å². The van der Waals surface area contributed by atoms with Crippen LogP contribution < -0.4 is 5.32 Å². The molecule has 3 heteroatoms. The largest absolute Gasteiger partial charge is 0.317 e. The van der Waals surface area contributed by atoms with E-state index in [4.69, 9.17) is 0 Å². The predicted octanol–water partition coefficient (Wildman–Crippen LogP) is 0.232. The summed E-state index contributed by atoms with van der Waals surface area (Å²) in [5, 5.41) is 3.28. The van der Waals surface area contributed by atoms with Gasteiger partial charge in [0.15, 0.2) is 0 Å². The third-order valence-corrected chi connectivity index (χ3v) is 2.97. The highest BCUT2D eigenvalue weighted by molar-refractivity contribution is 4.70. The van der Waals surface area contributed by atoms with Gasteiger partial charge in [0, 0.05) is 32.2 Å². The Kier molecular flexibility index (Phi) is 4.70. The number of nitrogens with one attached hydrogen (secondary N) is 1. The van der Waals surface area contributed by atoms with E-state index >= 15 is 0 Å². The van der Waals surface area contributed by atoms with Gasteiger partial charge in [0.25, 0.3) is 0 Å². The summed E-state index contributed by atoms with van der Waals surface area (Å²) in [7, 11) is 4.24. The number of hydrogen-bond acceptors (Lipinski definition) is 3. The molecule has 1 atom stereocenters. The van der Waals surface area contributed by atoms with Crippen LogP contribution in [0.4, 0.5) is 0 Å². The van der Waals surface area contributed by atoms with Crippen molar-refractivity contribution in [2.24, 2.45) is 0 Å². The molecule has 0 aromatic rings. The van der Waals surface area contributed by atoms with Crippen LogP contribution in [-0.2, 0) is 0 Å². The highest BCUT2D eigenvalue weighted by Gasteiger charge is 2.13. The first kappa shape index (κ1) is 11.0. The summed E-state index contributed by atoms with van der Waals surface area (Å²) < 4.78 is 0. The summed E-state index contributed by atoms with van der Waals surface area (Å²) in [5.74, 6) is 0. The Morgan fingerprint density at radius 1 is 1.23 bits per heavy atom. The fraction of sp³-hybridized carbons (Fsp3) is 1.00. The van der Waals surface area contributed by atoms with Gasteiger partial charge in [-0.05, 0) is 34.0 Å². The fourth-order valence-electron chi connectivity index (χ4n) is 1.59. The van der Waals surface area contributed by atoms with Gasteiger partial charge in [0.2, 0.25) is 0 Å². The normalized spacial score (nSPS) is 23.3. The Morgan fingerprint density at radius 2 is 1.85 bits per heavy atom. The molecule has 78 valence electrons. The molecule has 1 saturated heterocycles. The third kappa shape index (κ3) is 4.07. The van der Waals surface area contributed by atoms with Crippen LogP contribution in [0.5, 0.6) is 0 Å². The molecule has 0 aliphatic carbocycles. The second-order valence-corrected chi connectivity index (χ2v) is 4.12. The Labute approximate surface area is 82.1 Å². The van der Waals surface area contributed by atoms with E-state index in [9.17, 15) is 0 Å². The van der Waals surface area contributed by atoms with Gasteiger partial charge in [-0.15, -0.1) is 0 Å². The molecule has 1 unspecified atom stereocenters. The van der Waals surface area contributed by atoms with E-state index in [2.05, 4.69) is 29.1 Å². The average molecular weight is 185 g/mol. The lowest BCUT2D eigenvalue weighted by atomic mass is 10.2. The zero-order chi connectivity index (χ0) is 9.68. The summed E-state index contributed by atoms with van der Waals surface area (Å²) >= 11 is 0. The first-order chi connectivity index (χ1) is 6.22. The quantitative estimate of drug-likeness (QED) is 0.676. The smallest absolute Gasteiger partial charge is 0.0110 e. The molecule has 3 nitrogen and oxygen atoms in total. The number of piperazine rings is 1. The molecule has 1 aliphatic heterocycles. The minimum Gasteiger partial charge on any atom is -0.317 e. The van der Waals surface area contributed by atoms with Crippen LogP contribution in [0.2, 0.25) is 0 Å². The SMILES string of the molecule is CNC(C)CCN1CCN(C)CC1. The molecule has 1 heterocycles. The minimum absolute atomic E-state index is 0.652. The van der Waals surface area contributed by atoms with Crippen LogP contribution in [0.3, 0.4) is 0 Å². The van der Waals surface area contributed by atoms with Crippen LogP contribution in [-0.4, -0.2) is 62.7 Å². The molecule has 0 bridgehead atoms. The fourth-order valence-corrected chi connectivity index (χ4v) is 1.59. The van der Waals surface area contributed by atoms with Gasteiger partial charge < -0.3 is 15.1 Å². The molecule has 1 fully saturated rings. The number of rotatable bonds is 4. The zero-order valence-corrected chi connectivity index (χ0v) is 9.21. The van der Waals surface area contributed by atoms with Crippen molar-refractivity contribution < 1.29 is 0 Å². The standard InChI is InChI=1S/C10H23N3/c1-10(11-2)4-5-13-8-6-12(3)7-9-13/h10-11H,4-9H2,1-3H3. The van der Waals surface area contributed by atoms with Crippen LogP contribution in [0, 0.1) is 0 Å². The highest BCUT2D eigenvalue weighted by atomic mass is 15.2. The van der Waals surface area contributed by atoms with E-state index < -0.39 is 0 Å². The molecule has 0 amide bonds. The Bertz CT molecular complexity index is 130. The lowest BCUT2D eigenvalue weighted by molar-refractivity contribution is 0.150. The molecule has 0 saturated carbocycles. The van der Waals surface area contributed by atoms with Crippen molar-refractivity contribution in [1.29, 1.82) is 0 Å². The Morgan fingerprint density at radius 3 is 2.38 bits per heavy atom. The number of likely N-dealkylation sites (N-methyl/N-ethyl adjacent to an activating group) is 1. The molecule has 1 N–H and O–H groups in total. The van der Waals surface area contributed by atoms with Crippen molar-refractivity contribution in [2.45, 2.75) is 19.4 Å². The lowest BCUT2D eigenvalue weighted by Crippen LogP contribution is -2.45. The number of nitrogens with zero attached hydrogens (tertiary/aromatic N) is 2. The van der Waals surface area contributed by atoms with E-state index in [1.54, 1.807) is 0 Å². The van der Waals surface area contributed by atoms with E-state index in [1.807, 2.05) is 7.05 Å². The molecule has 0 aromatic carbocycles. The molecule has 0 aromatic heterocycles.